The predicted octanol–water partition coefficient (Wildman–Crippen LogP) is 8.54. The van der Waals surface area contributed by atoms with E-state index in [0.717, 1.165) is 57.9 Å². The number of hydrogen-bond donors (Lipinski definition) is 1. The van der Waals surface area contributed by atoms with Crippen LogP contribution in [0.4, 0.5) is 10.7 Å². The number of anilines is 1. The Bertz CT molecular complexity index is 1850. The second-order valence-corrected chi connectivity index (χ2v) is 15.2. The van der Waals surface area contributed by atoms with Crippen LogP contribution in [0.2, 0.25) is 0 Å². The summed E-state index contributed by atoms with van der Waals surface area (Å²) < 4.78 is 12.2. The van der Waals surface area contributed by atoms with Gasteiger partial charge >= 0.3 is 6.09 Å². The molecule has 3 aliphatic rings. The molecule has 9 nitrogen and oxygen atoms in total. The highest BCUT2D eigenvalue weighted by atomic mass is 16.6. The van der Waals surface area contributed by atoms with Crippen molar-refractivity contribution in [2.75, 3.05) is 18.4 Å². The van der Waals surface area contributed by atoms with Crippen molar-refractivity contribution >= 4 is 28.6 Å². The van der Waals surface area contributed by atoms with E-state index < -0.39 is 5.60 Å². The number of fused-ring (bicyclic) bond motifs is 3. The van der Waals surface area contributed by atoms with Crippen molar-refractivity contribution in [3.05, 3.63) is 72.1 Å². The van der Waals surface area contributed by atoms with Crippen LogP contribution in [-0.2, 0) is 16.0 Å². The minimum absolute atomic E-state index is 0.00571. The first-order valence-corrected chi connectivity index (χ1v) is 17.8. The Kier molecular flexibility index (Phi) is 9.27. The van der Waals surface area contributed by atoms with Crippen molar-refractivity contribution in [3.8, 4) is 22.9 Å². The molecule has 2 bridgehead atoms. The van der Waals surface area contributed by atoms with Crippen LogP contribution >= 0.6 is 0 Å². The number of aromatic nitrogens is 3. The molecule has 9 heteroatoms. The van der Waals surface area contributed by atoms with E-state index in [9.17, 15) is 9.59 Å². The van der Waals surface area contributed by atoms with Gasteiger partial charge in [-0.15, -0.1) is 0 Å². The van der Waals surface area contributed by atoms with Crippen LogP contribution in [0.25, 0.3) is 22.0 Å². The Morgan fingerprint density at radius 3 is 2.63 bits per heavy atom. The SMILES string of the molecule is Cc1ccc2c(CC(=O)CC3CC4CCC3C4)cccc2c1Oc1ncccc1-c1ccnc(N[C@H]2CCCN(C(=O)OC(C)(C)C)C2)n1. The van der Waals surface area contributed by atoms with E-state index in [-0.39, 0.29) is 12.1 Å². The zero-order chi connectivity index (χ0) is 34.1. The van der Waals surface area contributed by atoms with Gasteiger partial charge in [-0.25, -0.2) is 19.7 Å². The minimum atomic E-state index is -0.543. The number of carbonyl (C=O) groups excluding carboxylic acids is 2. The van der Waals surface area contributed by atoms with Gasteiger partial charge in [-0.1, -0.05) is 36.8 Å². The summed E-state index contributed by atoms with van der Waals surface area (Å²) in [6.07, 6.45) is 11.2. The van der Waals surface area contributed by atoms with Crippen LogP contribution in [-0.4, -0.2) is 56.5 Å². The highest BCUT2D eigenvalue weighted by molar-refractivity contribution is 5.95. The number of nitrogens with one attached hydrogen (secondary N) is 1. The number of amides is 1. The molecule has 3 unspecified atom stereocenters. The fourth-order valence-electron chi connectivity index (χ4n) is 8.11. The molecule has 0 spiro atoms. The summed E-state index contributed by atoms with van der Waals surface area (Å²) in [6, 6.07) is 16.0. The van der Waals surface area contributed by atoms with Gasteiger partial charge in [0.05, 0.1) is 11.3 Å². The largest absolute Gasteiger partial charge is 0.444 e. The number of likely N-dealkylation sites (tertiary alicyclic amines) is 1. The average molecular weight is 662 g/mol. The predicted molar refractivity (Wildman–Crippen MR) is 191 cm³/mol. The summed E-state index contributed by atoms with van der Waals surface area (Å²) in [6.45, 7) is 8.84. The Morgan fingerprint density at radius 1 is 0.959 bits per heavy atom. The first-order valence-electron chi connectivity index (χ1n) is 17.8. The smallest absolute Gasteiger partial charge is 0.410 e. The fourth-order valence-corrected chi connectivity index (χ4v) is 8.11. The maximum atomic E-state index is 13.3. The number of pyridine rings is 1. The third kappa shape index (κ3) is 7.56. The van der Waals surface area contributed by atoms with Crippen LogP contribution in [0.1, 0.15) is 76.8 Å². The zero-order valence-electron chi connectivity index (χ0n) is 29.1. The molecule has 3 fully saturated rings. The number of ketones is 1. The molecule has 2 saturated carbocycles. The molecule has 2 aromatic heterocycles. The molecule has 2 aromatic carbocycles. The molecule has 0 radical (unpaired) electrons. The van der Waals surface area contributed by atoms with Crippen LogP contribution < -0.4 is 10.1 Å². The monoisotopic (exact) mass is 661 g/mol. The van der Waals surface area contributed by atoms with E-state index in [4.69, 9.17) is 14.5 Å². The van der Waals surface area contributed by atoms with Crippen LogP contribution in [0.15, 0.2) is 60.9 Å². The number of nitrogens with zero attached hydrogens (tertiary/aromatic N) is 4. The van der Waals surface area contributed by atoms with Gasteiger partial charge in [0.2, 0.25) is 11.8 Å². The van der Waals surface area contributed by atoms with Gasteiger partial charge in [-0.3, -0.25) is 4.79 Å². The molecule has 4 atom stereocenters. The first-order chi connectivity index (χ1) is 23.6. The summed E-state index contributed by atoms with van der Waals surface area (Å²) in [5.41, 5.74) is 2.88. The van der Waals surface area contributed by atoms with Gasteiger partial charge in [-0.05, 0) is 112 Å². The molecule has 2 aliphatic carbocycles. The fraction of sp³-hybridized carbons (Fsp3) is 0.475. The van der Waals surface area contributed by atoms with Crippen molar-refractivity contribution < 1.29 is 19.1 Å². The molecule has 1 saturated heterocycles. The zero-order valence-corrected chi connectivity index (χ0v) is 29.1. The second kappa shape index (κ2) is 13.8. The van der Waals surface area contributed by atoms with Gasteiger partial charge in [0.15, 0.2) is 0 Å². The normalized spacial score (nSPS) is 21.9. The molecule has 1 amide bonds. The highest BCUT2D eigenvalue weighted by Crippen LogP contribution is 2.49. The van der Waals surface area contributed by atoms with E-state index in [1.165, 1.54) is 25.7 Å². The van der Waals surface area contributed by atoms with Crippen LogP contribution in [0, 0.1) is 24.7 Å². The third-order valence-electron chi connectivity index (χ3n) is 10.4. The summed E-state index contributed by atoms with van der Waals surface area (Å²) in [5, 5.41) is 5.42. The van der Waals surface area contributed by atoms with E-state index in [1.54, 1.807) is 17.3 Å². The van der Waals surface area contributed by atoms with E-state index in [2.05, 4.69) is 39.6 Å². The quantitative estimate of drug-likeness (QED) is 0.190. The lowest BCUT2D eigenvalue weighted by Gasteiger charge is -2.34. The molecule has 49 heavy (non-hydrogen) atoms. The standard InChI is InChI=1S/C40H47N5O4/c1-25-12-15-32-28(22-31(46)23-29-21-26-13-14-27(29)20-26)8-5-10-33(32)36(25)48-37-34(11-6-17-41-37)35-16-18-42-38(44-35)43-30-9-7-19-45(24-30)39(47)49-40(2,3)4/h5-6,8,10-12,15-18,26-27,29-30H,7,9,13-14,19-24H2,1-4H3,(H,42,43,44)/t26?,27?,29?,30-/m0/s1. The first kappa shape index (κ1) is 33.0. The van der Waals surface area contributed by atoms with Gasteiger partial charge in [-0.2, -0.15) is 0 Å². The molecule has 3 heterocycles. The Balaban J connectivity index is 1.09. The third-order valence-corrected chi connectivity index (χ3v) is 10.4. The van der Waals surface area contributed by atoms with E-state index in [1.807, 2.05) is 52.0 Å². The molecule has 1 N–H and O–H groups in total. The van der Waals surface area contributed by atoms with Gasteiger partial charge < -0.3 is 19.7 Å². The van der Waals surface area contributed by atoms with Crippen molar-refractivity contribution in [1.82, 2.24) is 19.9 Å². The summed E-state index contributed by atoms with van der Waals surface area (Å²) in [5.74, 6) is 4.13. The Morgan fingerprint density at radius 2 is 1.84 bits per heavy atom. The van der Waals surface area contributed by atoms with Crippen molar-refractivity contribution in [1.29, 1.82) is 0 Å². The van der Waals surface area contributed by atoms with Crippen LogP contribution in [0.5, 0.6) is 11.6 Å². The van der Waals surface area contributed by atoms with Gasteiger partial charge in [0.1, 0.15) is 17.1 Å². The van der Waals surface area contributed by atoms with Crippen molar-refractivity contribution in [2.45, 2.75) is 90.7 Å². The molecule has 1 aliphatic heterocycles. The summed E-state index contributed by atoms with van der Waals surface area (Å²) in [4.78, 5) is 41.7. The number of Topliss-reactive ketones (excluding diaryl/α,β-unsaturated/α-hetero) is 1. The molecule has 4 aromatic rings. The lowest BCUT2D eigenvalue weighted by atomic mass is 9.84. The summed E-state index contributed by atoms with van der Waals surface area (Å²) in [7, 11) is 0. The average Bonchev–Trinajstić information content (AvgIpc) is 3.70. The molecule has 256 valence electrons. The molecular formula is C40H47N5O4. The number of hydrogen-bond acceptors (Lipinski definition) is 8. The Labute approximate surface area is 288 Å². The van der Waals surface area contributed by atoms with Crippen LogP contribution in [0.3, 0.4) is 0 Å². The maximum absolute atomic E-state index is 13.3. The number of rotatable bonds is 9. The maximum Gasteiger partial charge on any atom is 0.410 e. The molecule has 7 rings (SSSR count). The Hall–Kier alpha value is -4.53. The van der Waals surface area contributed by atoms with E-state index >= 15 is 0 Å². The van der Waals surface area contributed by atoms with Crippen molar-refractivity contribution in [2.24, 2.45) is 17.8 Å². The number of aryl methyl sites for hydroxylation is 1. The van der Waals surface area contributed by atoms with Gasteiger partial charge in [0.25, 0.3) is 0 Å². The lowest BCUT2D eigenvalue weighted by Crippen LogP contribution is -2.47. The highest BCUT2D eigenvalue weighted by Gasteiger charge is 2.40. The topological polar surface area (TPSA) is 107 Å². The van der Waals surface area contributed by atoms with Gasteiger partial charge in [0, 0.05) is 49.8 Å². The number of ether oxygens (including phenoxy) is 2. The minimum Gasteiger partial charge on any atom is -0.444 e. The number of piperidine rings is 1. The van der Waals surface area contributed by atoms with Crippen molar-refractivity contribution in [3.63, 3.8) is 0 Å². The molecular weight excluding hydrogens is 614 g/mol. The lowest BCUT2D eigenvalue weighted by molar-refractivity contribution is -0.119. The number of benzene rings is 2. The van der Waals surface area contributed by atoms with E-state index in [0.29, 0.717) is 55.2 Å². The second-order valence-electron chi connectivity index (χ2n) is 15.2. The summed E-state index contributed by atoms with van der Waals surface area (Å²) >= 11 is 0. The number of carbonyl (C=O) groups is 2.